The van der Waals surface area contributed by atoms with Gasteiger partial charge in [-0.1, -0.05) is 32.0 Å². The van der Waals surface area contributed by atoms with Crippen molar-refractivity contribution >= 4 is 28.1 Å². The van der Waals surface area contributed by atoms with Crippen molar-refractivity contribution in [1.82, 2.24) is 14.9 Å². The number of carbonyl (C=O) groups excluding carboxylic acids is 1. The number of nitrogens with zero attached hydrogens (tertiary/aromatic N) is 2. The monoisotopic (exact) mass is 353 g/mol. The first-order chi connectivity index (χ1) is 12.0. The largest absolute Gasteiger partial charge is 0.358 e. The van der Waals surface area contributed by atoms with Crippen LogP contribution in [0.2, 0.25) is 0 Å². The summed E-state index contributed by atoms with van der Waals surface area (Å²) < 4.78 is 0. The molecule has 0 saturated heterocycles. The first-order valence-corrected chi connectivity index (χ1v) is 9.68. The normalized spacial score (nSPS) is 14.3. The van der Waals surface area contributed by atoms with Crippen LogP contribution >= 0.6 is 11.3 Å². The molecule has 3 heterocycles. The molecule has 1 aromatic carbocycles. The Morgan fingerprint density at radius 2 is 2.16 bits per heavy atom. The van der Waals surface area contributed by atoms with Crippen LogP contribution in [0.5, 0.6) is 0 Å². The maximum atomic E-state index is 13.1. The molecule has 0 bridgehead atoms. The van der Waals surface area contributed by atoms with Crippen LogP contribution in [0, 0.1) is 12.8 Å². The number of amides is 1. The van der Waals surface area contributed by atoms with Gasteiger partial charge < -0.3 is 9.88 Å². The fraction of sp³-hybridized carbons (Fsp3) is 0.400. The van der Waals surface area contributed by atoms with Crippen LogP contribution in [0.4, 0.5) is 0 Å². The number of aromatic nitrogens is 2. The number of H-pyrrole nitrogens is 1. The van der Waals surface area contributed by atoms with E-state index in [-0.39, 0.29) is 5.91 Å². The second kappa shape index (κ2) is 6.30. The van der Waals surface area contributed by atoms with Crippen LogP contribution in [-0.2, 0) is 19.4 Å². The van der Waals surface area contributed by atoms with E-state index in [1.54, 1.807) is 11.3 Å². The Hall–Kier alpha value is -2.14. The van der Waals surface area contributed by atoms with Crippen molar-refractivity contribution in [3.05, 3.63) is 51.1 Å². The highest BCUT2D eigenvalue weighted by molar-refractivity contribution is 7.13. The van der Waals surface area contributed by atoms with Crippen molar-refractivity contribution in [2.45, 2.75) is 40.2 Å². The van der Waals surface area contributed by atoms with Gasteiger partial charge in [0.25, 0.3) is 5.91 Å². The molecule has 0 aliphatic carbocycles. The van der Waals surface area contributed by atoms with Gasteiger partial charge in [0.2, 0.25) is 0 Å². The summed E-state index contributed by atoms with van der Waals surface area (Å²) in [6.07, 6.45) is 1.82. The predicted molar refractivity (Wildman–Crippen MR) is 102 cm³/mol. The number of carbonyl (C=O) groups is 1. The minimum absolute atomic E-state index is 0.126. The summed E-state index contributed by atoms with van der Waals surface area (Å²) in [6, 6.07) is 8.34. The molecule has 0 unspecified atom stereocenters. The lowest BCUT2D eigenvalue weighted by atomic mass is 10.0. The van der Waals surface area contributed by atoms with Gasteiger partial charge in [0.05, 0.1) is 10.7 Å². The Balaban J connectivity index is 1.61. The fourth-order valence-corrected chi connectivity index (χ4v) is 4.82. The van der Waals surface area contributed by atoms with Gasteiger partial charge in [-0.3, -0.25) is 4.79 Å². The quantitative estimate of drug-likeness (QED) is 0.762. The van der Waals surface area contributed by atoms with Crippen LogP contribution < -0.4 is 0 Å². The molecule has 130 valence electrons. The Morgan fingerprint density at radius 1 is 1.36 bits per heavy atom. The molecule has 5 heteroatoms. The molecule has 0 radical (unpaired) electrons. The average molecular weight is 353 g/mol. The van der Waals surface area contributed by atoms with E-state index in [1.807, 2.05) is 17.9 Å². The van der Waals surface area contributed by atoms with Crippen LogP contribution in [0.25, 0.3) is 10.9 Å². The summed E-state index contributed by atoms with van der Waals surface area (Å²) in [4.78, 5) is 24.0. The summed E-state index contributed by atoms with van der Waals surface area (Å²) in [7, 11) is 0. The van der Waals surface area contributed by atoms with Crippen LogP contribution in [-0.4, -0.2) is 27.3 Å². The third-order valence-corrected chi connectivity index (χ3v) is 5.96. The molecule has 0 spiro atoms. The van der Waals surface area contributed by atoms with E-state index in [0.29, 0.717) is 12.5 Å². The van der Waals surface area contributed by atoms with Gasteiger partial charge in [-0.25, -0.2) is 4.98 Å². The third kappa shape index (κ3) is 2.97. The van der Waals surface area contributed by atoms with Gasteiger partial charge in [-0.05, 0) is 18.9 Å². The second-order valence-corrected chi connectivity index (χ2v) is 8.31. The van der Waals surface area contributed by atoms with E-state index in [2.05, 4.69) is 42.0 Å². The van der Waals surface area contributed by atoms with Gasteiger partial charge in [0.15, 0.2) is 0 Å². The lowest BCUT2D eigenvalue weighted by molar-refractivity contribution is 0.0739. The Labute approximate surface area is 151 Å². The molecule has 0 atom stereocenters. The first-order valence-electron chi connectivity index (χ1n) is 8.87. The lowest BCUT2D eigenvalue weighted by Crippen LogP contribution is -2.35. The molecule has 1 aliphatic rings. The predicted octanol–water partition coefficient (Wildman–Crippen LogP) is 4.33. The minimum Gasteiger partial charge on any atom is -0.358 e. The number of aromatic amines is 1. The molecule has 1 aliphatic heterocycles. The van der Waals surface area contributed by atoms with Crippen LogP contribution in [0.1, 0.15) is 45.5 Å². The standard InChI is InChI=1S/C20H23N3OS/c1-12(2)10-18-21-13(3)19(25-18)20(24)23-9-8-17-15(11-23)14-6-4-5-7-16(14)22-17/h4-7,12,22H,8-11H2,1-3H3. The summed E-state index contributed by atoms with van der Waals surface area (Å²) in [5.74, 6) is 0.679. The molecular formula is C20H23N3OS. The zero-order valence-electron chi connectivity index (χ0n) is 14.9. The minimum atomic E-state index is 0.126. The van der Waals surface area contributed by atoms with E-state index in [9.17, 15) is 4.79 Å². The molecule has 1 amide bonds. The Morgan fingerprint density at radius 3 is 2.96 bits per heavy atom. The van der Waals surface area contributed by atoms with Crippen molar-refractivity contribution in [2.24, 2.45) is 5.92 Å². The van der Waals surface area contributed by atoms with Gasteiger partial charge in [0.1, 0.15) is 4.88 Å². The second-order valence-electron chi connectivity index (χ2n) is 7.22. The maximum Gasteiger partial charge on any atom is 0.266 e. The van der Waals surface area contributed by atoms with Crippen molar-refractivity contribution in [3.63, 3.8) is 0 Å². The van der Waals surface area contributed by atoms with Gasteiger partial charge >= 0.3 is 0 Å². The lowest BCUT2D eigenvalue weighted by Gasteiger charge is -2.27. The number of aryl methyl sites for hydroxylation is 1. The van der Waals surface area contributed by atoms with E-state index >= 15 is 0 Å². The number of fused-ring (bicyclic) bond motifs is 3. The number of benzene rings is 1. The summed E-state index contributed by atoms with van der Waals surface area (Å²) >= 11 is 1.57. The molecule has 0 saturated carbocycles. The van der Waals surface area contributed by atoms with Gasteiger partial charge in [-0.2, -0.15) is 0 Å². The summed E-state index contributed by atoms with van der Waals surface area (Å²) in [6.45, 7) is 7.75. The molecule has 1 N–H and O–H groups in total. The molecule has 0 fully saturated rings. The summed E-state index contributed by atoms with van der Waals surface area (Å²) in [5.41, 5.74) is 4.57. The number of hydrogen-bond acceptors (Lipinski definition) is 3. The Kier molecular flexibility index (Phi) is 4.12. The van der Waals surface area contributed by atoms with Crippen molar-refractivity contribution in [3.8, 4) is 0 Å². The molecule has 25 heavy (non-hydrogen) atoms. The molecule has 4 nitrogen and oxygen atoms in total. The Bertz CT molecular complexity index is 938. The van der Waals surface area contributed by atoms with E-state index in [1.165, 1.54) is 16.6 Å². The maximum absolute atomic E-state index is 13.1. The van der Waals surface area contributed by atoms with Crippen LogP contribution in [0.15, 0.2) is 24.3 Å². The van der Waals surface area contributed by atoms with Gasteiger partial charge in [-0.15, -0.1) is 11.3 Å². The first kappa shape index (κ1) is 16.3. The van der Waals surface area contributed by atoms with Crippen molar-refractivity contribution < 1.29 is 4.79 Å². The number of hydrogen-bond donors (Lipinski definition) is 1. The average Bonchev–Trinajstić information content (AvgIpc) is 3.13. The van der Waals surface area contributed by atoms with Crippen molar-refractivity contribution in [1.29, 1.82) is 0 Å². The fourth-order valence-electron chi connectivity index (χ4n) is 3.57. The number of thiazole rings is 1. The summed E-state index contributed by atoms with van der Waals surface area (Å²) in [5, 5.41) is 2.30. The topological polar surface area (TPSA) is 49.0 Å². The number of nitrogens with one attached hydrogen (secondary N) is 1. The molecule has 2 aromatic heterocycles. The van der Waals surface area contributed by atoms with E-state index < -0.39 is 0 Å². The zero-order chi connectivity index (χ0) is 17.6. The number of para-hydroxylation sites is 1. The highest BCUT2D eigenvalue weighted by Gasteiger charge is 2.27. The van der Waals surface area contributed by atoms with Gasteiger partial charge in [0, 0.05) is 48.1 Å². The highest BCUT2D eigenvalue weighted by atomic mass is 32.1. The molecule has 4 rings (SSSR count). The molecular weight excluding hydrogens is 330 g/mol. The highest BCUT2D eigenvalue weighted by Crippen LogP contribution is 2.30. The van der Waals surface area contributed by atoms with E-state index in [0.717, 1.165) is 40.5 Å². The van der Waals surface area contributed by atoms with Crippen molar-refractivity contribution in [2.75, 3.05) is 6.54 Å². The van der Waals surface area contributed by atoms with Crippen LogP contribution in [0.3, 0.4) is 0 Å². The number of rotatable bonds is 3. The smallest absolute Gasteiger partial charge is 0.266 e. The van der Waals surface area contributed by atoms with E-state index in [4.69, 9.17) is 0 Å². The third-order valence-electron chi connectivity index (χ3n) is 4.79. The zero-order valence-corrected chi connectivity index (χ0v) is 15.7. The molecule has 3 aromatic rings. The SMILES string of the molecule is Cc1nc(CC(C)C)sc1C(=O)N1CCc2[nH]c3ccccc3c2C1.